The van der Waals surface area contributed by atoms with Gasteiger partial charge < -0.3 is 4.90 Å². The molecule has 0 saturated carbocycles. The Morgan fingerprint density at radius 2 is 1.00 bits per heavy atom. The molecule has 0 aromatic heterocycles. The van der Waals surface area contributed by atoms with Crippen LogP contribution in [0.3, 0.4) is 0 Å². The smallest absolute Gasteiger partial charge is 0.0530 e. The van der Waals surface area contributed by atoms with Crippen molar-refractivity contribution in [1.29, 1.82) is 0 Å². The van der Waals surface area contributed by atoms with Gasteiger partial charge in [0.25, 0.3) is 0 Å². The summed E-state index contributed by atoms with van der Waals surface area (Å²) in [6.07, 6.45) is 0. The summed E-state index contributed by atoms with van der Waals surface area (Å²) in [6, 6.07) is 37.5. The fraction of sp³-hybridized carbons (Fsp3) is 0.0714. The van der Waals surface area contributed by atoms with E-state index in [4.69, 9.17) is 0 Å². The number of benzene rings is 5. The minimum Gasteiger partial charge on any atom is -0.343 e. The van der Waals surface area contributed by atoms with Crippen molar-refractivity contribution in [3.8, 4) is 0 Å². The second-order valence-corrected chi connectivity index (χ2v) is 7.85. The molecule has 0 bridgehead atoms. The Labute approximate surface area is 170 Å². The molecule has 0 saturated heterocycles. The molecule has 5 aromatic rings. The van der Waals surface area contributed by atoms with Gasteiger partial charge in [0.05, 0.1) is 11.4 Å². The molecule has 138 valence electrons. The van der Waals surface area contributed by atoms with E-state index in [2.05, 4.69) is 115 Å². The van der Waals surface area contributed by atoms with Crippen LogP contribution in [0.15, 0.2) is 103 Å². The summed E-state index contributed by atoms with van der Waals surface area (Å²) in [5.74, 6) is 0.228. The fourth-order valence-corrected chi connectivity index (χ4v) is 5.04. The molecule has 0 fully saturated rings. The van der Waals surface area contributed by atoms with E-state index in [-0.39, 0.29) is 5.92 Å². The van der Waals surface area contributed by atoms with Crippen LogP contribution in [-0.2, 0) is 0 Å². The van der Waals surface area contributed by atoms with Gasteiger partial charge in [-0.1, -0.05) is 103 Å². The van der Waals surface area contributed by atoms with Crippen molar-refractivity contribution >= 4 is 32.9 Å². The molecule has 6 rings (SSSR count). The summed E-state index contributed by atoms with van der Waals surface area (Å²) in [5.41, 5.74) is 6.73. The number of nitrogens with zero attached hydrogens (tertiary/aromatic N) is 1. The molecule has 1 aliphatic heterocycles. The van der Waals surface area contributed by atoms with Gasteiger partial charge in [0.15, 0.2) is 0 Å². The van der Waals surface area contributed by atoms with Crippen LogP contribution in [0.2, 0.25) is 0 Å². The van der Waals surface area contributed by atoms with E-state index in [1.165, 1.54) is 49.6 Å². The highest BCUT2D eigenvalue weighted by atomic mass is 15.1. The average molecular weight is 371 g/mol. The van der Waals surface area contributed by atoms with Crippen LogP contribution in [0.1, 0.15) is 22.6 Å². The Bertz CT molecular complexity index is 1280. The van der Waals surface area contributed by atoms with Crippen molar-refractivity contribution in [1.82, 2.24) is 0 Å². The third kappa shape index (κ3) is 2.34. The van der Waals surface area contributed by atoms with Gasteiger partial charge in [-0.05, 0) is 27.5 Å². The van der Waals surface area contributed by atoms with Crippen LogP contribution in [0.5, 0.6) is 0 Å². The summed E-state index contributed by atoms with van der Waals surface area (Å²) < 4.78 is 0. The first-order valence-corrected chi connectivity index (χ1v) is 10.1. The lowest BCUT2D eigenvalue weighted by Crippen LogP contribution is -2.23. The van der Waals surface area contributed by atoms with Gasteiger partial charge in [0.1, 0.15) is 0 Å². The van der Waals surface area contributed by atoms with Crippen molar-refractivity contribution < 1.29 is 0 Å². The van der Waals surface area contributed by atoms with Crippen molar-refractivity contribution in [2.24, 2.45) is 0 Å². The lowest BCUT2D eigenvalue weighted by Gasteiger charge is -2.37. The van der Waals surface area contributed by atoms with Gasteiger partial charge >= 0.3 is 0 Å². The SMILES string of the molecule is CN1c2c(ccc3ccccc23)C(c2ccccc2)c2ccc3ccccc3c21. The zero-order valence-corrected chi connectivity index (χ0v) is 16.3. The molecule has 0 N–H and O–H groups in total. The first-order valence-electron chi connectivity index (χ1n) is 10.1. The third-order valence-corrected chi connectivity index (χ3v) is 6.29. The largest absolute Gasteiger partial charge is 0.343 e. The van der Waals surface area contributed by atoms with Gasteiger partial charge in [0.2, 0.25) is 0 Å². The average Bonchev–Trinajstić information content (AvgIpc) is 2.79. The normalized spacial score (nSPS) is 13.5. The number of hydrogen-bond acceptors (Lipinski definition) is 1. The van der Waals surface area contributed by atoms with Gasteiger partial charge in [-0.2, -0.15) is 0 Å². The number of anilines is 2. The summed E-state index contributed by atoms with van der Waals surface area (Å²) in [6.45, 7) is 0. The number of fused-ring (bicyclic) bond motifs is 6. The molecule has 0 unspecified atom stereocenters. The summed E-state index contributed by atoms with van der Waals surface area (Å²) >= 11 is 0. The summed E-state index contributed by atoms with van der Waals surface area (Å²) in [5, 5.41) is 5.20. The van der Waals surface area contributed by atoms with Crippen LogP contribution in [0.4, 0.5) is 11.4 Å². The molecular formula is C28H21N. The predicted octanol–water partition coefficient (Wildman–Crippen LogP) is 7.25. The van der Waals surface area contributed by atoms with E-state index in [1.807, 2.05) is 0 Å². The van der Waals surface area contributed by atoms with Crippen LogP contribution in [-0.4, -0.2) is 7.05 Å². The monoisotopic (exact) mass is 371 g/mol. The van der Waals surface area contributed by atoms with Crippen LogP contribution < -0.4 is 4.90 Å². The van der Waals surface area contributed by atoms with Crippen LogP contribution in [0.25, 0.3) is 21.5 Å². The highest BCUT2D eigenvalue weighted by molar-refractivity contribution is 6.06. The minimum atomic E-state index is 0.228. The highest BCUT2D eigenvalue weighted by Crippen LogP contribution is 2.52. The predicted molar refractivity (Wildman–Crippen MR) is 123 cm³/mol. The molecular weight excluding hydrogens is 350 g/mol. The number of hydrogen-bond donors (Lipinski definition) is 0. The molecule has 1 aliphatic rings. The maximum atomic E-state index is 2.41. The third-order valence-electron chi connectivity index (χ3n) is 6.29. The van der Waals surface area contributed by atoms with Crippen LogP contribution >= 0.6 is 0 Å². The quantitative estimate of drug-likeness (QED) is 0.300. The molecule has 0 spiro atoms. The molecule has 0 aliphatic carbocycles. The Kier molecular flexibility index (Phi) is 3.51. The maximum Gasteiger partial charge on any atom is 0.0530 e. The van der Waals surface area contributed by atoms with E-state index in [1.54, 1.807) is 0 Å². The second kappa shape index (κ2) is 6.22. The Balaban J connectivity index is 1.76. The van der Waals surface area contributed by atoms with E-state index >= 15 is 0 Å². The Morgan fingerprint density at radius 3 is 1.55 bits per heavy atom. The van der Waals surface area contributed by atoms with Crippen molar-refractivity contribution in [3.05, 3.63) is 120 Å². The molecule has 5 aromatic carbocycles. The zero-order valence-electron chi connectivity index (χ0n) is 16.3. The highest BCUT2D eigenvalue weighted by Gasteiger charge is 2.32. The van der Waals surface area contributed by atoms with Crippen molar-refractivity contribution in [3.63, 3.8) is 0 Å². The van der Waals surface area contributed by atoms with E-state index in [0.717, 1.165) is 0 Å². The van der Waals surface area contributed by atoms with Crippen molar-refractivity contribution in [2.45, 2.75) is 5.92 Å². The molecule has 0 amide bonds. The molecule has 1 nitrogen and oxygen atoms in total. The molecule has 0 radical (unpaired) electrons. The Hall–Kier alpha value is -3.58. The van der Waals surface area contributed by atoms with Gasteiger partial charge in [-0.25, -0.2) is 0 Å². The van der Waals surface area contributed by atoms with E-state index < -0.39 is 0 Å². The van der Waals surface area contributed by atoms with Crippen LogP contribution in [0, 0.1) is 0 Å². The molecule has 1 heterocycles. The first kappa shape index (κ1) is 16.4. The molecule has 1 heteroatoms. The van der Waals surface area contributed by atoms with Crippen molar-refractivity contribution in [2.75, 3.05) is 11.9 Å². The summed E-state index contributed by atoms with van der Waals surface area (Å²) in [4.78, 5) is 2.41. The molecule has 0 atom stereocenters. The van der Waals surface area contributed by atoms with E-state index in [9.17, 15) is 0 Å². The topological polar surface area (TPSA) is 3.24 Å². The van der Waals surface area contributed by atoms with E-state index in [0.29, 0.717) is 0 Å². The van der Waals surface area contributed by atoms with Gasteiger partial charge in [0, 0.05) is 23.7 Å². The lowest BCUT2D eigenvalue weighted by molar-refractivity contribution is 0.936. The molecule has 29 heavy (non-hydrogen) atoms. The minimum absolute atomic E-state index is 0.228. The van der Waals surface area contributed by atoms with Gasteiger partial charge in [-0.15, -0.1) is 0 Å². The van der Waals surface area contributed by atoms with Gasteiger partial charge in [-0.3, -0.25) is 0 Å². The zero-order chi connectivity index (χ0) is 19.4. The first-order chi connectivity index (χ1) is 14.3. The number of rotatable bonds is 1. The maximum absolute atomic E-state index is 2.41. The lowest BCUT2D eigenvalue weighted by atomic mass is 9.78. The fourth-order valence-electron chi connectivity index (χ4n) is 5.04. The summed E-state index contributed by atoms with van der Waals surface area (Å²) in [7, 11) is 2.22. The second-order valence-electron chi connectivity index (χ2n) is 7.85. The standard InChI is InChI=1S/C28H21N/c1-29-27-22-13-7-5-9-19(22)15-17-24(27)26(21-11-3-2-4-12-21)25-18-16-20-10-6-8-14-23(20)28(25)29/h2-18,26H,1H3. The Morgan fingerprint density at radius 1 is 0.517 bits per heavy atom.